The van der Waals surface area contributed by atoms with E-state index in [4.69, 9.17) is 21.1 Å². The summed E-state index contributed by atoms with van der Waals surface area (Å²) in [6.07, 6.45) is 1.15. The molecule has 3 fully saturated rings. The molecule has 25 heavy (non-hydrogen) atoms. The number of hydrogen-bond donors (Lipinski definition) is 1. The number of carbonyl (C=O) groups is 3. The number of ether oxygens (including phenoxy) is 2. The lowest BCUT2D eigenvalue weighted by molar-refractivity contribution is -0.151. The molecule has 0 unspecified atom stereocenters. The SMILES string of the molecule is Cc1cc(OCC(=O)NN2C(=O)[C@@H]3[C@@H](C2=O)[C@@H]2CC[C@@H]3O2)ccc1Cl. The number of hydrazine groups is 1. The second-order valence-electron chi connectivity index (χ2n) is 6.59. The van der Waals surface area contributed by atoms with E-state index in [1.54, 1.807) is 18.2 Å². The van der Waals surface area contributed by atoms with Gasteiger partial charge in [-0.05, 0) is 43.5 Å². The summed E-state index contributed by atoms with van der Waals surface area (Å²) in [5.41, 5.74) is 3.19. The Balaban J connectivity index is 1.37. The van der Waals surface area contributed by atoms with Crippen LogP contribution in [0.3, 0.4) is 0 Å². The highest BCUT2D eigenvalue weighted by atomic mass is 35.5. The van der Waals surface area contributed by atoms with Crippen molar-refractivity contribution in [3.63, 3.8) is 0 Å². The molecule has 0 spiro atoms. The first-order valence-corrected chi connectivity index (χ1v) is 8.55. The van der Waals surface area contributed by atoms with Gasteiger partial charge in [0.2, 0.25) is 0 Å². The molecule has 3 amide bonds. The van der Waals surface area contributed by atoms with Crippen molar-refractivity contribution in [2.45, 2.75) is 32.0 Å². The lowest BCUT2D eigenvalue weighted by atomic mass is 9.81. The third-order valence-corrected chi connectivity index (χ3v) is 5.44. The summed E-state index contributed by atoms with van der Waals surface area (Å²) in [5, 5.41) is 1.44. The van der Waals surface area contributed by atoms with Gasteiger partial charge in [0.1, 0.15) is 5.75 Å². The van der Waals surface area contributed by atoms with Crippen LogP contribution in [0.4, 0.5) is 0 Å². The molecule has 0 saturated carbocycles. The number of benzene rings is 1. The first-order chi connectivity index (χ1) is 12.0. The van der Waals surface area contributed by atoms with Crippen molar-refractivity contribution in [1.29, 1.82) is 0 Å². The molecule has 132 valence electrons. The van der Waals surface area contributed by atoms with Crippen molar-refractivity contribution in [2.24, 2.45) is 11.8 Å². The fourth-order valence-corrected chi connectivity index (χ4v) is 3.95. The second-order valence-corrected chi connectivity index (χ2v) is 7.00. The number of hydrogen-bond acceptors (Lipinski definition) is 5. The van der Waals surface area contributed by atoms with Gasteiger partial charge in [0.05, 0.1) is 24.0 Å². The predicted octanol–water partition coefficient (Wildman–Crippen LogP) is 1.22. The summed E-state index contributed by atoms with van der Waals surface area (Å²) >= 11 is 5.94. The predicted molar refractivity (Wildman–Crippen MR) is 86.6 cm³/mol. The molecule has 2 bridgehead atoms. The first-order valence-electron chi connectivity index (χ1n) is 8.17. The molecule has 1 aromatic carbocycles. The molecule has 3 aliphatic heterocycles. The van der Waals surface area contributed by atoms with Crippen LogP contribution in [0.5, 0.6) is 5.75 Å². The lowest BCUT2D eigenvalue weighted by Crippen LogP contribution is -2.49. The molecule has 1 aromatic rings. The Morgan fingerprint density at radius 2 is 1.92 bits per heavy atom. The molecular formula is C17H17ClN2O5. The molecule has 0 aromatic heterocycles. The van der Waals surface area contributed by atoms with Gasteiger partial charge in [-0.15, -0.1) is 0 Å². The van der Waals surface area contributed by atoms with E-state index in [-0.39, 0.29) is 18.8 Å². The molecule has 0 aliphatic carbocycles. The fourth-order valence-electron chi connectivity index (χ4n) is 3.84. The van der Waals surface area contributed by atoms with Gasteiger partial charge >= 0.3 is 0 Å². The van der Waals surface area contributed by atoms with Gasteiger partial charge in [-0.1, -0.05) is 11.6 Å². The molecule has 8 heteroatoms. The highest BCUT2D eigenvalue weighted by molar-refractivity contribution is 6.31. The van der Waals surface area contributed by atoms with E-state index in [0.717, 1.165) is 23.4 Å². The number of imide groups is 1. The smallest absolute Gasteiger partial charge is 0.276 e. The van der Waals surface area contributed by atoms with E-state index >= 15 is 0 Å². The van der Waals surface area contributed by atoms with Crippen molar-refractivity contribution < 1.29 is 23.9 Å². The molecular weight excluding hydrogens is 348 g/mol. The summed E-state index contributed by atoms with van der Waals surface area (Å²) in [6.45, 7) is 1.52. The molecule has 7 nitrogen and oxygen atoms in total. The van der Waals surface area contributed by atoms with Crippen LogP contribution in [-0.4, -0.2) is 41.5 Å². The van der Waals surface area contributed by atoms with Crippen LogP contribution in [0.2, 0.25) is 5.02 Å². The van der Waals surface area contributed by atoms with Crippen LogP contribution in [0.1, 0.15) is 18.4 Å². The number of halogens is 1. The number of rotatable bonds is 4. The maximum absolute atomic E-state index is 12.4. The number of amides is 3. The van der Waals surface area contributed by atoms with E-state index in [2.05, 4.69) is 5.43 Å². The lowest BCUT2D eigenvalue weighted by Gasteiger charge is -2.18. The van der Waals surface area contributed by atoms with Gasteiger partial charge in [-0.25, -0.2) is 0 Å². The quantitative estimate of drug-likeness (QED) is 0.812. The minimum Gasteiger partial charge on any atom is -0.484 e. The van der Waals surface area contributed by atoms with Crippen molar-refractivity contribution in [3.05, 3.63) is 28.8 Å². The minimum atomic E-state index is -0.567. The third-order valence-electron chi connectivity index (χ3n) is 5.02. The zero-order valence-electron chi connectivity index (χ0n) is 13.5. The van der Waals surface area contributed by atoms with Gasteiger partial charge in [0, 0.05) is 5.02 Å². The van der Waals surface area contributed by atoms with E-state index in [0.29, 0.717) is 10.8 Å². The molecule has 4 rings (SSSR count). The first kappa shape index (κ1) is 16.4. The van der Waals surface area contributed by atoms with E-state index in [1.165, 1.54) is 0 Å². The highest BCUT2D eigenvalue weighted by Gasteiger charge is 2.62. The van der Waals surface area contributed by atoms with Crippen LogP contribution in [0, 0.1) is 18.8 Å². The summed E-state index contributed by atoms with van der Waals surface area (Å²) in [6, 6.07) is 5.03. The number of carbonyl (C=O) groups excluding carboxylic acids is 3. The molecule has 3 heterocycles. The monoisotopic (exact) mass is 364 g/mol. The molecule has 3 saturated heterocycles. The number of fused-ring (bicyclic) bond motifs is 5. The van der Waals surface area contributed by atoms with Crippen molar-refractivity contribution in [3.8, 4) is 5.75 Å². The van der Waals surface area contributed by atoms with E-state index < -0.39 is 29.6 Å². The van der Waals surface area contributed by atoms with Crippen LogP contribution >= 0.6 is 11.6 Å². The van der Waals surface area contributed by atoms with Crippen LogP contribution < -0.4 is 10.2 Å². The Morgan fingerprint density at radius 1 is 1.28 bits per heavy atom. The summed E-state index contributed by atoms with van der Waals surface area (Å²) < 4.78 is 11.0. The topological polar surface area (TPSA) is 84.9 Å². The summed E-state index contributed by atoms with van der Waals surface area (Å²) in [4.78, 5) is 36.9. The van der Waals surface area contributed by atoms with E-state index in [9.17, 15) is 14.4 Å². The Kier molecular flexibility index (Phi) is 3.92. The van der Waals surface area contributed by atoms with Crippen LogP contribution in [-0.2, 0) is 19.1 Å². The van der Waals surface area contributed by atoms with Gasteiger partial charge in [-0.2, -0.15) is 5.01 Å². The van der Waals surface area contributed by atoms with Crippen molar-refractivity contribution in [1.82, 2.24) is 10.4 Å². The second kappa shape index (κ2) is 6.00. The molecule has 0 radical (unpaired) electrons. The highest BCUT2D eigenvalue weighted by Crippen LogP contribution is 2.47. The third kappa shape index (κ3) is 2.67. The maximum Gasteiger partial charge on any atom is 0.276 e. The Hall–Kier alpha value is -2.12. The number of nitrogens with one attached hydrogen (secondary N) is 1. The summed E-state index contributed by atoms with van der Waals surface area (Å²) in [5.74, 6) is -1.80. The van der Waals surface area contributed by atoms with Crippen LogP contribution in [0.25, 0.3) is 0 Å². The zero-order chi connectivity index (χ0) is 17.7. The Bertz CT molecular complexity index is 739. The van der Waals surface area contributed by atoms with Crippen LogP contribution in [0.15, 0.2) is 18.2 Å². The van der Waals surface area contributed by atoms with Crippen molar-refractivity contribution in [2.75, 3.05) is 6.61 Å². The van der Waals surface area contributed by atoms with Gasteiger partial charge < -0.3 is 9.47 Å². The maximum atomic E-state index is 12.4. The van der Waals surface area contributed by atoms with E-state index in [1.807, 2.05) is 6.92 Å². The Labute approximate surface area is 149 Å². The Morgan fingerprint density at radius 3 is 2.52 bits per heavy atom. The molecule has 4 atom stereocenters. The average Bonchev–Trinajstić information content (AvgIpc) is 3.26. The van der Waals surface area contributed by atoms with Gasteiger partial charge in [0.15, 0.2) is 6.61 Å². The average molecular weight is 365 g/mol. The standard InChI is InChI=1S/C17H17ClN2O5/c1-8-6-9(2-3-10(8)18)24-7-13(21)19-20-16(22)14-11-4-5-12(25-11)15(14)17(20)23/h2-3,6,11-12,14-15H,4-5,7H2,1H3,(H,19,21)/t11-,12-,14-,15-/m0/s1. The normalized spacial score (nSPS) is 29.9. The molecule has 3 aliphatic rings. The largest absolute Gasteiger partial charge is 0.484 e. The van der Waals surface area contributed by atoms with Gasteiger partial charge in [-0.3, -0.25) is 19.8 Å². The number of aryl methyl sites for hydroxylation is 1. The minimum absolute atomic E-state index is 0.207. The fraction of sp³-hybridized carbons (Fsp3) is 0.471. The van der Waals surface area contributed by atoms with Crippen molar-refractivity contribution >= 4 is 29.3 Å². The summed E-state index contributed by atoms with van der Waals surface area (Å²) in [7, 11) is 0. The van der Waals surface area contributed by atoms with Gasteiger partial charge in [0.25, 0.3) is 17.7 Å². The molecule has 1 N–H and O–H groups in total. The zero-order valence-corrected chi connectivity index (χ0v) is 14.3. The number of nitrogens with zero attached hydrogens (tertiary/aromatic N) is 1.